The molecule has 1 heterocycles. The van der Waals surface area contributed by atoms with Crippen LogP contribution in [0.1, 0.15) is 56.5 Å². The Morgan fingerprint density at radius 2 is 2.00 bits per heavy atom. The van der Waals surface area contributed by atoms with Crippen molar-refractivity contribution in [3.8, 4) is 0 Å². The second-order valence-corrected chi connectivity index (χ2v) is 9.52. The van der Waals surface area contributed by atoms with Gasteiger partial charge in [-0.05, 0) is 81.1 Å². The zero-order valence-electron chi connectivity index (χ0n) is 19.0. The van der Waals surface area contributed by atoms with Crippen molar-refractivity contribution < 1.29 is 9.50 Å². The molecule has 0 aliphatic heterocycles. The van der Waals surface area contributed by atoms with E-state index in [1.807, 2.05) is 30.3 Å². The Morgan fingerprint density at radius 1 is 1.23 bits per heavy atom. The van der Waals surface area contributed by atoms with E-state index >= 15 is 0 Å². The number of aryl methyl sites for hydroxylation is 2. The number of hydrogen-bond acceptors (Lipinski definition) is 3. The van der Waals surface area contributed by atoms with Crippen molar-refractivity contribution in [3.63, 3.8) is 0 Å². The minimum Gasteiger partial charge on any atom is -0.388 e. The molecule has 3 aromatic rings. The van der Waals surface area contributed by atoms with Crippen LogP contribution in [0.2, 0.25) is 0 Å². The number of aromatic nitrogens is 2. The second-order valence-electron chi connectivity index (χ2n) is 9.52. The van der Waals surface area contributed by atoms with E-state index in [1.165, 1.54) is 6.07 Å². The molecule has 3 atom stereocenters. The van der Waals surface area contributed by atoms with Gasteiger partial charge in [0.05, 0.1) is 16.6 Å². The standard InChI is InChI=1S/C26H34FN3O/c1-17(2)25-21-12-11-20(27)16-19(21)13-14-26(25,31)18(3)30(4)15-7-10-24-28-22-8-5-6-9-23(22)29-24/h5-6,8-9,11-12,16-18,25,31H,7,10,13-15H2,1-4H3,(H,28,29). The van der Waals surface area contributed by atoms with E-state index < -0.39 is 5.60 Å². The molecule has 1 aliphatic rings. The smallest absolute Gasteiger partial charge is 0.123 e. The van der Waals surface area contributed by atoms with Crippen molar-refractivity contribution in [1.82, 2.24) is 14.9 Å². The first-order valence-corrected chi connectivity index (χ1v) is 11.4. The number of aliphatic hydroxyl groups is 1. The van der Waals surface area contributed by atoms with E-state index in [2.05, 4.69) is 42.7 Å². The van der Waals surface area contributed by atoms with Crippen molar-refractivity contribution >= 4 is 11.0 Å². The third kappa shape index (κ3) is 4.26. The highest BCUT2D eigenvalue weighted by Crippen LogP contribution is 2.46. The maximum absolute atomic E-state index is 13.8. The molecule has 5 heteroatoms. The minimum atomic E-state index is -0.840. The molecular weight excluding hydrogens is 389 g/mol. The first-order valence-electron chi connectivity index (χ1n) is 11.4. The number of aromatic amines is 1. The van der Waals surface area contributed by atoms with Crippen LogP contribution in [-0.4, -0.2) is 45.2 Å². The number of fused-ring (bicyclic) bond motifs is 2. The monoisotopic (exact) mass is 423 g/mol. The molecule has 0 spiro atoms. The average Bonchev–Trinajstić information content (AvgIpc) is 3.15. The Labute approximate surface area is 184 Å². The summed E-state index contributed by atoms with van der Waals surface area (Å²) in [7, 11) is 2.10. The Bertz CT molecular complexity index is 1010. The molecule has 3 unspecified atom stereocenters. The van der Waals surface area contributed by atoms with Crippen molar-refractivity contribution in [2.24, 2.45) is 5.92 Å². The van der Waals surface area contributed by atoms with Crippen LogP contribution in [0, 0.1) is 11.7 Å². The number of halogens is 1. The Hall–Kier alpha value is -2.24. The van der Waals surface area contributed by atoms with Gasteiger partial charge in [0.2, 0.25) is 0 Å². The third-order valence-electron chi connectivity index (χ3n) is 7.19. The topological polar surface area (TPSA) is 52.1 Å². The summed E-state index contributed by atoms with van der Waals surface area (Å²) in [6.45, 7) is 7.32. The van der Waals surface area contributed by atoms with E-state index in [-0.39, 0.29) is 23.7 Å². The van der Waals surface area contributed by atoms with E-state index in [1.54, 1.807) is 6.07 Å². The summed E-state index contributed by atoms with van der Waals surface area (Å²) in [5.41, 5.74) is 3.39. The van der Waals surface area contributed by atoms with Crippen LogP contribution in [0.3, 0.4) is 0 Å². The van der Waals surface area contributed by atoms with Crippen molar-refractivity contribution in [2.45, 2.75) is 64.0 Å². The van der Waals surface area contributed by atoms with Gasteiger partial charge in [0.25, 0.3) is 0 Å². The number of nitrogens with zero attached hydrogens (tertiary/aromatic N) is 2. The Morgan fingerprint density at radius 3 is 2.74 bits per heavy atom. The normalized spacial score (nSPS) is 22.3. The summed E-state index contributed by atoms with van der Waals surface area (Å²) in [4.78, 5) is 10.3. The molecular formula is C26H34FN3O. The molecule has 2 aromatic carbocycles. The SMILES string of the molecule is CC(C)C1c2ccc(F)cc2CCC1(O)C(C)N(C)CCCc1nc2ccccc2[nH]1. The summed E-state index contributed by atoms with van der Waals surface area (Å²) in [6, 6.07) is 13.1. The predicted molar refractivity (Wildman–Crippen MR) is 124 cm³/mol. The maximum atomic E-state index is 13.8. The van der Waals surface area contributed by atoms with Gasteiger partial charge in [-0.25, -0.2) is 9.37 Å². The fourth-order valence-electron chi connectivity index (χ4n) is 5.45. The minimum absolute atomic E-state index is 0.00576. The molecule has 31 heavy (non-hydrogen) atoms. The lowest BCUT2D eigenvalue weighted by molar-refractivity contribution is -0.0765. The van der Waals surface area contributed by atoms with Crippen LogP contribution >= 0.6 is 0 Å². The second kappa shape index (κ2) is 8.71. The van der Waals surface area contributed by atoms with E-state index in [0.717, 1.165) is 47.4 Å². The summed E-state index contributed by atoms with van der Waals surface area (Å²) in [6.07, 6.45) is 3.20. The number of imidazole rings is 1. The van der Waals surface area contributed by atoms with Crippen LogP contribution < -0.4 is 0 Å². The van der Waals surface area contributed by atoms with Gasteiger partial charge >= 0.3 is 0 Å². The van der Waals surface area contributed by atoms with Crippen molar-refractivity contribution in [3.05, 3.63) is 65.2 Å². The lowest BCUT2D eigenvalue weighted by Crippen LogP contribution is -2.56. The largest absolute Gasteiger partial charge is 0.388 e. The molecule has 2 N–H and O–H groups in total. The lowest BCUT2D eigenvalue weighted by atomic mass is 9.64. The van der Waals surface area contributed by atoms with Gasteiger partial charge in [0, 0.05) is 18.4 Å². The number of hydrogen-bond donors (Lipinski definition) is 2. The molecule has 4 rings (SSSR count). The molecule has 1 aromatic heterocycles. The summed E-state index contributed by atoms with van der Waals surface area (Å²) in [5.74, 6) is 1.07. The molecule has 0 radical (unpaired) electrons. The zero-order valence-corrected chi connectivity index (χ0v) is 19.0. The van der Waals surface area contributed by atoms with Gasteiger partial charge in [0.15, 0.2) is 0 Å². The van der Waals surface area contributed by atoms with Gasteiger partial charge in [-0.3, -0.25) is 0 Å². The van der Waals surface area contributed by atoms with E-state index in [9.17, 15) is 9.50 Å². The van der Waals surface area contributed by atoms with Gasteiger partial charge in [-0.1, -0.05) is 32.0 Å². The Kier molecular flexibility index (Phi) is 6.18. The fourth-order valence-corrected chi connectivity index (χ4v) is 5.45. The highest BCUT2D eigenvalue weighted by Gasteiger charge is 2.48. The average molecular weight is 424 g/mol. The van der Waals surface area contributed by atoms with Crippen molar-refractivity contribution in [2.75, 3.05) is 13.6 Å². The highest BCUT2D eigenvalue weighted by atomic mass is 19.1. The Balaban J connectivity index is 1.45. The fraction of sp³-hybridized carbons (Fsp3) is 0.500. The van der Waals surface area contributed by atoms with Crippen LogP contribution in [0.5, 0.6) is 0 Å². The first kappa shape index (κ1) is 22.0. The number of nitrogens with one attached hydrogen (secondary N) is 1. The van der Waals surface area contributed by atoms with E-state index in [4.69, 9.17) is 0 Å². The summed E-state index contributed by atoms with van der Waals surface area (Å²) < 4.78 is 13.8. The molecule has 0 saturated heterocycles. The van der Waals surface area contributed by atoms with Crippen molar-refractivity contribution in [1.29, 1.82) is 0 Å². The van der Waals surface area contributed by atoms with Crippen LogP contribution in [0.15, 0.2) is 42.5 Å². The molecule has 166 valence electrons. The predicted octanol–water partition coefficient (Wildman–Crippen LogP) is 5.07. The summed E-state index contributed by atoms with van der Waals surface area (Å²) in [5, 5.41) is 11.9. The molecule has 0 saturated carbocycles. The first-order chi connectivity index (χ1) is 14.8. The zero-order chi connectivity index (χ0) is 22.2. The number of para-hydroxylation sites is 2. The molecule has 0 bridgehead atoms. The van der Waals surface area contributed by atoms with Crippen LogP contribution in [0.4, 0.5) is 4.39 Å². The van der Waals surface area contributed by atoms with E-state index in [0.29, 0.717) is 12.8 Å². The number of H-pyrrole nitrogens is 1. The number of benzene rings is 2. The van der Waals surface area contributed by atoms with Gasteiger partial charge in [-0.2, -0.15) is 0 Å². The lowest BCUT2D eigenvalue weighted by Gasteiger charge is -2.49. The number of likely N-dealkylation sites (N-methyl/N-ethyl adjacent to an activating group) is 1. The quantitative estimate of drug-likeness (QED) is 0.558. The van der Waals surface area contributed by atoms with Gasteiger partial charge < -0.3 is 15.0 Å². The molecule has 0 amide bonds. The third-order valence-corrected chi connectivity index (χ3v) is 7.19. The highest BCUT2D eigenvalue weighted by molar-refractivity contribution is 5.74. The van der Waals surface area contributed by atoms with Crippen LogP contribution in [0.25, 0.3) is 11.0 Å². The molecule has 1 aliphatic carbocycles. The van der Waals surface area contributed by atoms with Crippen LogP contribution in [-0.2, 0) is 12.8 Å². The molecule has 0 fully saturated rings. The maximum Gasteiger partial charge on any atom is 0.123 e. The number of rotatable bonds is 7. The van der Waals surface area contributed by atoms with Gasteiger partial charge in [0.1, 0.15) is 11.6 Å². The summed E-state index contributed by atoms with van der Waals surface area (Å²) >= 11 is 0. The molecule has 4 nitrogen and oxygen atoms in total. The van der Waals surface area contributed by atoms with Gasteiger partial charge in [-0.15, -0.1) is 0 Å².